The van der Waals surface area contributed by atoms with Gasteiger partial charge in [0.1, 0.15) is 16.5 Å². The first-order valence-electron chi connectivity index (χ1n) is 7.11. The molecule has 0 bridgehead atoms. The molecule has 1 rings (SSSR count). The Labute approximate surface area is 144 Å². The molecule has 0 aliphatic heterocycles. The molecule has 25 heavy (non-hydrogen) atoms. The SMILES string of the molecule is CC(=O)CC(=O)Nc1cc(NC(=O)CC(C)=O)c(S(=O)(=O)O)cc1C. The van der Waals surface area contributed by atoms with Crippen molar-refractivity contribution in [2.24, 2.45) is 0 Å². The first kappa shape index (κ1) is 20.5. The lowest BCUT2D eigenvalue weighted by Crippen LogP contribution is -2.19. The average Bonchev–Trinajstić information content (AvgIpc) is 2.38. The quantitative estimate of drug-likeness (QED) is 0.480. The van der Waals surface area contributed by atoms with Gasteiger partial charge in [0.15, 0.2) is 0 Å². The van der Waals surface area contributed by atoms with Gasteiger partial charge in [0, 0.05) is 5.69 Å². The van der Waals surface area contributed by atoms with Gasteiger partial charge in [-0.25, -0.2) is 0 Å². The van der Waals surface area contributed by atoms with Gasteiger partial charge in [-0.1, -0.05) is 0 Å². The Bertz CT molecular complexity index is 844. The van der Waals surface area contributed by atoms with Gasteiger partial charge in [0.2, 0.25) is 11.8 Å². The lowest BCUT2D eigenvalue weighted by atomic mass is 10.1. The standard InChI is InChI=1S/C15H18N2O7S/c1-8-4-13(25(22,23)24)12(17-15(21)6-10(3)19)7-11(8)16-14(20)5-9(2)18/h4,7H,5-6H2,1-3H3,(H,16,20)(H,17,21)(H,22,23,24). The van der Waals surface area contributed by atoms with Crippen LogP contribution >= 0.6 is 0 Å². The Morgan fingerprint density at radius 1 is 0.920 bits per heavy atom. The third-order valence-corrected chi connectivity index (χ3v) is 3.87. The number of Topliss-reactive ketones (excluding diaryl/α,β-unsaturated/α-hetero) is 2. The minimum atomic E-state index is -4.66. The summed E-state index contributed by atoms with van der Waals surface area (Å²) < 4.78 is 32.3. The predicted molar refractivity (Wildman–Crippen MR) is 88.8 cm³/mol. The molecule has 0 saturated carbocycles. The minimum Gasteiger partial charge on any atom is -0.325 e. The van der Waals surface area contributed by atoms with Crippen LogP contribution in [0.25, 0.3) is 0 Å². The molecular weight excluding hydrogens is 352 g/mol. The second-order valence-electron chi connectivity index (χ2n) is 5.49. The van der Waals surface area contributed by atoms with Crippen molar-refractivity contribution in [1.29, 1.82) is 0 Å². The second-order valence-corrected chi connectivity index (χ2v) is 6.88. The molecule has 0 fully saturated rings. The van der Waals surface area contributed by atoms with Crippen LogP contribution in [0.3, 0.4) is 0 Å². The van der Waals surface area contributed by atoms with Crippen LogP contribution in [0.4, 0.5) is 11.4 Å². The molecule has 0 unspecified atom stereocenters. The molecule has 0 saturated heterocycles. The Kier molecular flexibility index (Phi) is 6.54. The highest BCUT2D eigenvalue weighted by molar-refractivity contribution is 7.86. The molecule has 2 amide bonds. The number of rotatable bonds is 7. The van der Waals surface area contributed by atoms with Crippen LogP contribution in [0.2, 0.25) is 0 Å². The van der Waals surface area contributed by atoms with E-state index in [1.54, 1.807) is 0 Å². The van der Waals surface area contributed by atoms with Crippen molar-refractivity contribution >= 4 is 44.9 Å². The molecule has 0 radical (unpaired) electrons. The van der Waals surface area contributed by atoms with E-state index >= 15 is 0 Å². The zero-order valence-electron chi connectivity index (χ0n) is 13.9. The van der Waals surface area contributed by atoms with Gasteiger partial charge in [-0.05, 0) is 38.5 Å². The van der Waals surface area contributed by atoms with Crippen molar-refractivity contribution in [3.8, 4) is 0 Å². The van der Waals surface area contributed by atoms with Gasteiger partial charge >= 0.3 is 0 Å². The van der Waals surface area contributed by atoms with E-state index in [-0.39, 0.29) is 29.1 Å². The number of anilines is 2. The molecule has 1 aromatic carbocycles. The zero-order valence-corrected chi connectivity index (χ0v) is 14.7. The summed E-state index contributed by atoms with van der Waals surface area (Å²) in [5.41, 5.74) is 0.142. The van der Waals surface area contributed by atoms with Gasteiger partial charge in [0.05, 0.1) is 18.5 Å². The Balaban J connectivity index is 3.28. The van der Waals surface area contributed by atoms with Crippen LogP contribution in [0.1, 0.15) is 32.3 Å². The van der Waals surface area contributed by atoms with Crippen molar-refractivity contribution in [2.75, 3.05) is 10.6 Å². The lowest BCUT2D eigenvalue weighted by molar-refractivity contribution is -0.125. The number of benzene rings is 1. The van der Waals surface area contributed by atoms with Crippen LogP contribution < -0.4 is 10.6 Å². The number of aryl methyl sites for hydroxylation is 1. The number of hydrogen-bond donors (Lipinski definition) is 3. The second kappa shape index (κ2) is 7.99. The van der Waals surface area contributed by atoms with Gasteiger partial charge in [-0.15, -0.1) is 0 Å². The molecule has 0 aliphatic carbocycles. The molecule has 1 aromatic rings. The van der Waals surface area contributed by atoms with Crippen molar-refractivity contribution in [3.63, 3.8) is 0 Å². The maximum absolute atomic E-state index is 11.7. The van der Waals surface area contributed by atoms with Crippen LogP contribution in [0.5, 0.6) is 0 Å². The Hall–Kier alpha value is -2.59. The van der Waals surface area contributed by atoms with Crippen molar-refractivity contribution in [1.82, 2.24) is 0 Å². The molecule has 10 heteroatoms. The maximum Gasteiger partial charge on any atom is 0.296 e. The van der Waals surface area contributed by atoms with Crippen LogP contribution in [-0.2, 0) is 29.3 Å². The molecule has 0 heterocycles. The molecule has 9 nitrogen and oxygen atoms in total. The normalized spacial score (nSPS) is 10.9. The van der Waals surface area contributed by atoms with E-state index < -0.39 is 39.0 Å². The smallest absolute Gasteiger partial charge is 0.296 e. The van der Waals surface area contributed by atoms with Gasteiger partial charge in [0.25, 0.3) is 10.1 Å². The van der Waals surface area contributed by atoms with Gasteiger partial charge in [-0.2, -0.15) is 8.42 Å². The largest absolute Gasteiger partial charge is 0.325 e. The van der Waals surface area contributed by atoms with Crippen LogP contribution in [0, 0.1) is 6.92 Å². The summed E-state index contributed by atoms with van der Waals surface area (Å²) in [6.45, 7) is 3.90. The summed E-state index contributed by atoms with van der Waals surface area (Å²) in [6.07, 6.45) is -0.851. The van der Waals surface area contributed by atoms with Gasteiger partial charge in [-0.3, -0.25) is 23.7 Å². The fraction of sp³-hybridized carbons (Fsp3) is 0.333. The first-order chi connectivity index (χ1) is 11.4. The molecular formula is C15H18N2O7S. The third kappa shape index (κ3) is 6.43. The number of amides is 2. The van der Waals surface area contributed by atoms with Gasteiger partial charge < -0.3 is 10.6 Å². The topological polar surface area (TPSA) is 147 Å². The van der Waals surface area contributed by atoms with Crippen LogP contribution in [0.15, 0.2) is 17.0 Å². The summed E-state index contributed by atoms with van der Waals surface area (Å²) in [7, 11) is -4.66. The summed E-state index contributed by atoms with van der Waals surface area (Å²) in [5, 5.41) is 4.63. The summed E-state index contributed by atoms with van der Waals surface area (Å²) in [4.78, 5) is 44.8. The maximum atomic E-state index is 11.7. The molecule has 0 spiro atoms. The predicted octanol–water partition coefficient (Wildman–Crippen LogP) is 1.08. The number of carbonyl (C=O) groups is 4. The number of nitrogens with one attached hydrogen (secondary N) is 2. The minimum absolute atomic E-state index is 0.150. The number of ketones is 2. The summed E-state index contributed by atoms with van der Waals surface area (Å²) in [6, 6.07) is 2.19. The molecule has 136 valence electrons. The van der Waals surface area contributed by atoms with Crippen molar-refractivity contribution < 1.29 is 32.1 Å². The monoisotopic (exact) mass is 370 g/mol. The van der Waals surface area contributed by atoms with E-state index in [0.29, 0.717) is 0 Å². The van der Waals surface area contributed by atoms with E-state index in [1.807, 2.05) is 0 Å². The molecule has 0 aliphatic rings. The first-order valence-corrected chi connectivity index (χ1v) is 8.55. The van der Waals surface area contributed by atoms with Crippen LogP contribution in [-0.4, -0.2) is 36.4 Å². The molecule has 0 atom stereocenters. The fourth-order valence-corrected chi connectivity index (χ4v) is 2.68. The lowest BCUT2D eigenvalue weighted by Gasteiger charge is -2.14. The van der Waals surface area contributed by atoms with E-state index in [9.17, 15) is 32.1 Å². The van der Waals surface area contributed by atoms with E-state index in [1.165, 1.54) is 20.8 Å². The third-order valence-electron chi connectivity index (χ3n) is 2.97. The molecule has 0 aromatic heterocycles. The Morgan fingerprint density at radius 2 is 1.36 bits per heavy atom. The van der Waals surface area contributed by atoms with Crippen molar-refractivity contribution in [2.45, 2.75) is 38.5 Å². The average molecular weight is 370 g/mol. The highest BCUT2D eigenvalue weighted by Gasteiger charge is 2.20. The van der Waals surface area contributed by atoms with E-state index in [2.05, 4.69) is 10.6 Å². The van der Waals surface area contributed by atoms with E-state index in [0.717, 1.165) is 12.1 Å². The highest BCUT2D eigenvalue weighted by atomic mass is 32.2. The summed E-state index contributed by atoms with van der Waals surface area (Å²) >= 11 is 0. The van der Waals surface area contributed by atoms with E-state index in [4.69, 9.17) is 0 Å². The highest BCUT2D eigenvalue weighted by Crippen LogP contribution is 2.29. The Morgan fingerprint density at radius 3 is 1.76 bits per heavy atom. The number of carbonyl (C=O) groups excluding carboxylic acids is 4. The fourth-order valence-electron chi connectivity index (χ4n) is 1.97. The number of hydrogen-bond acceptors (Lipinski definition) is 6. The summed E-state index contributed by atoms with van der Waals surface area (Å²) in [5.74, 6) is -2.19. The van der Waals surface area contributed by atoms with Crippen molar-refractivity contribution in [3.05, 3.63) is 17.7 Å². The molecule has 3 N–H and O–H groups in total. The zero-order chi connectivity index (χ0) is 19.4.